The number of aromatic amines is 1. The number of amidine groups is 5. The molecule has 5 aromatic rings. The highest BCUT2D eigenvalue weighted by atomic mass is 15.2. The van der Waals surface area contributed by atoms with E-state index in [1.807, 2.05) is 66.7 Å². The number of fused-ring (bicyclic) bond motifs is 17. The molecule has 9 heteroatoms. The maximum Gasteiger partial charge on any atom is 0.170 e. The predicted octanol–water partition coefficient (Wildman–Crippen LogP) is 4.18. The van der Waals surface area contributed by atoms with Gasteiger partial charge in [0.15, 0.2) is 35.3 Å². The first kappa shape index (κ1) is 22.9. The Morgan fingerprint density at radius 3 is 1.90 bits per heavy atom. The molecule has 0 fully saturated rings. The van der Waals surface area contributed by atoms with Crippen molar-refractivity contribution in [3.05, 3.63) is 135 Å². The number of aliphatic imine (C=N–C) groups is 5. The van der Waals surface area contributed by atoms with Gasteiger partial charge in [0.05, 0.1) is 0 Å². The normalized spacial score (nSPS) is 17.6. The zero-order valence-corrected chi connectivity index (χ0v) is 22.4. The second-order valence-corrected chi connectivity index (χ2v) is 10.6. The zero-order chi connectivity index (χ0) is 27.9. The van der Waals surface area contributed by atoms with Crippen LogP contribution in [0.5, 0.6) is 0 Å². The lowest BCUT2D eigenvalue weighted by Gasteiger charge is -2.05. The highest BCUT2D eigenvalue weighted by molar-refractivity contribution is 6.26. The third-order valence-corrected chi connectivity index (χ3v) is 7.90. The van der Waals surface area contributed by atoms with Crippen molar-refractivity contribution in [2.75, 3.05) is 5.73 Å². The summed E-state index contributed by atoms with van der Waals surface area (Å²) < 4.78 is 0. The van der Waals surface area contributed by atoms with E-state index >= 15 is 0 Å². The lowest BCUT2D eigenvalue weighted by molar-refractivity contribution is 0.796. The first-order valence-electron chi connectivity index (χ1n) is 13.7. The molecule has 0 amide bonds. The molecule has 4 aliphatic rings. The first-order chi connectivity index (χ1) is 20.6. The fraction of sp³-hybridized carbons (Fsp3) is 0.0606. The maximum atomic E-state index is 6.21. The Kier molecular flexibility index (Phi) is 4.55. The summed E-state index contributed by atoms with van der Waals surface area (Å²) in [6.45, 7) is 2.06. The molecular weight excluding hydrogens is 522 g/mol. The number of nitrogens with one attached hydrogen (secondary N) is 1. The first-order valence-corrected chi connectivity index (χ1v) is 13.7. The van der Waals surface area contributed by atoms with Crippen molar-refractivity contribution in [3.8, 4) is 0 Å². The van der Waals surface area contributed by atoms with Gasteiger partial charge in [-0.05, 0) is 31.2 Å². The number of hydrogen-bond donors (Lipinski definition) is 2. The van der Waals surface area contributed by atoms with E-state index in [2.05, 4.69) is 30.1 Å². The third-order valence-electron chi connectivity index (χ3n) is 7.90. The number of benzene rings is 4. The molecule has 4 aromatic carbocycles. The average molecular weight is 544 g/mol. The molecule has 1 unspecified atom stereocenters. The summed E-state index contributed by atoms with van der Waals surface area (Å²) in [5, 5.41) is 1.87. The minimum Gasteiger partial charge on any atom is -0.399 e. The van der Waals surface area contributed by atoms with Gasteiger partial charge in [0.25, 0.3) is 0 Å². The Morgan fingerprint density at radius 2 is 1.12 bits per heavy atom. The molecule has 0 aliphatic carbocycles. The molecule has 198 valence electrons. The van der Waals surface area contributed by atoms with Gasteiger partial charge in [0.1, 0.15) is 11.0 Å². The molecule has 1 atom stereocenters. The summed E-state index contributed by atoms with van der Waals surface area (Å²) in [7, 11) is 0. The summed E-state index contributed by atoms with van der Waals surface area (Å²) in [4.78, 5) is 38.4. The van der Waals surface area contributed by atoms with Crippen LogP contribution in [0.2, 0.25) is 0 Å². The van der Waals surface area contributed by atoms with Crippen molar-refractivity contribution in [2.24, 2.45) is 34.9 Å². The van der Waals surface area contributed by atoms with Crippen LogP contribution in [0.15, 0.2) is 120 Å². The highest BCUT2D eigenvalue weighted by Crippen LogP contribution is 2.34. The Balaban J connectivity index is 1.40. The number of nitrogens with two attached hydrogens (primary N) is 1. The van der Waals surface area contributed by atoms with Crippen LogP contribution in [-0.4, -0.2) is 34.2 Å². The molecule has 1 aromatic heterocycles. The van der Waals surface area contributed by atoms with Crippen LogP contribution >= 0.6 is 0 Å². The number of H-pyrrole nitrogens is 1. The fourth-order valence-corrected chi connectivity index (χ4v) is 5.89. The molecule has 9 nitrogen and oxygen atoms in total. The van der Waals surface area contributed by atoms with Crippen molar-refractivity contribution >= 4 is 45.6 Å². The van der Waals surface area contributed by atoms with Gasteiger partial charge < -0.3 is 10.7 Å². The lowest BCUT2D eigenvalue weighted by Crippen LogP contribution is -2.15. The quantitative estimate of drug-likeness (QED) is 0.279. The molecule has 5 heterocycles. The topological polar surface area (TPSA) is 128 Å². The van der Waals surface area contributed by atoms with Gasteiger partial charge >= 0.3 is 0 Å². The number of anilines is 1. The van der Waals surface area contributed by atoms with Gasteiger partial charge in [-0.25, -0.2) is 34.9 Å². The van der Waals surface area contributed by atoms with Gasteiger partial charge in [-0.2, -0.15) is 0 Å². The molecule has 0 saturated carbocycles. The minimum atomic E-state index is -0.506. The molecular formula is C33H21N9. The second kappa shape index (κ2) is 8.34. The molecule has 0 radical (unpaired) electrons. The van der Waals surface area contributed by atoms with Crippen LogP contribution in [0, 0.1) is 6.92 Å². The van der Waals surface area contributed by atoms with Crippen LogP contribution in [0.4, 0.5) is 5.69 Å². The Bertz CT molecular complexity index is 2330. The van der Waals surface area contributed by atoms with Gasteiger partial charge in [-0.1, -0.05) is 66.2 Å². The molecule has 8 bridgehead atoms. The fourth-order valence-electron chi connectivity index (χ4n) is 5.89. The molecule has 4 aliphatic heterocycles. The third kappa shape index (κ3) is 3.34. The van der Waals surface area contributed by atoms with Gasteiger partial charge in [0.2, 0.25) is 0 Å². The van der Waals surface area contributed by atoms with Gasteiger partial charge in [-0.3, -0.25) is 0 Å². The predicted molar refractivity (Wildman–Crippen MR) is 165 cm³/mol. The van der Waals surface area contributed by atoms with Crippen molar-refractivity contribution in [3.63, 3.8) is 0 Å². The van der Waals surface area contributed by atoms with Crippen molar-refractivity contribution < 1.29 is 0 Å². The zero-order valence-electron chi connectivity index (χ0n) is 22.4. The monoisotopic (exact) mass is 543 g/mol. The van der Waals surface area contributed by atoms with E-state index in [4.69, 9.17) is 40.7 Å². The Labute approximate surface area is 239 Å². The largest absolute Gasteiger partial charge is 0.399 e. The van der Waals surface area contributed by atoms with Crippen molar-refractivity contribution in [2.45, 2.75) is 13.1 Å². The molecule has 3 N–H and O–H groups in total. The van der Waals surface area contributed by atoms with E-state index in [1.165, 1.54) is 0 Å². The van der Waals surface area contributed by atoms with Crippen molar-refractivity contribution in [1.82, 2.24) is 4.98 Å². The molecule has 0 saturated heterocycles. The average Bonchev–Trinajstić information content (AvgIpc) is 3.72. The van der Waals surface area contributed by atoms with Crippen LogP contribution in [0.3, 0.4) is 0 Å². The number of aryl methyl sites for hydroxylation is 1. The van der Waals surface area contributed by atoms with E-state index < -0.39 is 6.17 Å². The number of hydrogen-bond acceptors (Lipinski definition) is 8. The van der Waals surface area contributed by atoms with E-state index in [1.54, 1.807) is 0 Å². The highest BCUT2D eigenvalue weighted by Gasteiger charge is 2.30. The van der Waals surface area contributed by atoms with E-state index in [9.17, 15) is 0 Å². The summed E-state index contributed by atoms with van der Waals surface area (Å²) in [6, 6.07) is 28.0. The summed E-state index contributed by atoms with van der Waals surface area (Å²) in [5.41, 5.74) is 14.6. The number of aromatic nitrogens is 1. The standard InChI is InChI=1S/C33H21N9/c1-16-10-12-22-24(14-16)32-39-28-20-8-4-2-6-18(20)27(35-28)38-31-23-13-11-17(34)15-25(23)33(42-31)40-29-21-9-5-3-7-19(21)26(36-29)37-30(22)41-32/h2-15,26H,34H2,1H3,(H,35,36,37,38,39,40,41,42). The van der Waals surface area contributed by atoms with Crippen LogP contribution in [-0.2, 0) is 0 Å². The maximum absolute atomic E-state index is 6.21. The van der Waals surface area contributed by atoms with Crippen LogP contribution < -0.4 is 16.7 Å². The van der Waals surface area contributed by atoms with Gasteiger partial charge in [0, 0.05) is 49.8 Å². The number of rotatable bonds is 0. The Morgan fingerprint density at radius 1 is 0.548 bits per heavy atom. The van der Waals surface area contributed by atoms with Crippen molar-refractivity contribution in [1.29, 1.82) is 0 Å². The number of nitrogens with zero attached hydrogens (tertiary/aromatic N) is 7. The molecule has 42 heavy (non-hydrogen) atoms. The second-order valence-electron chi connectivity index (χ2n) is 10.6. The smallest absolute Gasteiger partial charge is 0.170 e. The lowest BCUT2D eigenvalue weighted by atomic mass is 10.0. The van der Waals surface area contributed by atoms with Gasteiger partial charge in [-0.15, -0.1) is 0 Å². The Hall–Kier alpha value is -5.83. The molecule has 0 spiro atoms. The minimum absolute atomic E-state index is 0.506. The molecule has 9 rings (SSSR count). The summed E-state index contributed by atoms with van der Waals surface area (Å²) in [5.74, 6) is 2.79. The number of nitrogen functional groups attached to an aromatic ring is 1. The summed E-state index contributed by atoms with van der Waals surface area (Å²) in [6.07, 6.45) is -0.506. The van der Waals surface area contributed by atoms with E-state index in [-0.39, 0.29) is 0 Å². The SMILES string of the molecule is Cc1ccc2c(c1)C1=NC2=NC2N=C(N=C3N=C(N=c4[nH]c(c5ccccc45)=N1)c1ccc(N)cc13)c1ccccc12. The van der Waals surface area contributed by atoms with Crippen LogP contribution in [0.1, 0.15) is 45.1 Å². The van der Waals surface area contributed by atoms with E-state index in [0.717, 1.165) is 49.7 Å². The van der Waals surface area contributed by atoms with E-state index in [0.29, 0.717) is 45.8 Å². The summed E-state index contributed by atoms with van der Waals surface area (Å²) >= 11 is 0. The van der Waals surface area contributed by atoms with Crippen LogP contribution in [0.25, 0.3) is 10.8 Å².